The molecule has 6 rings (SSSR count). The lowest BCUT2D eigenvalue weighted by atomic mass is 10.00. The van der Waals surface area contributed by atoms with Gasteiger partial charge in [-0.3, -0.25) is 30.0 Å². The monoisotopic (exact) mass is 884 g/mol. The topological polar surface area (TPSA) is 133 Å². The molecule has 320 valence electrons. The number of benzene rings is 2. The molecule has 0 aromatic heterocycles. The van der Waals surface area contributed by atoms with Crippen molar-refractivity contribution in [2.45, 2.75) is 50.1 Å². The molecule has 0 aliphatic carbocycles. The third-order valence-corrected chi connectivity index (χ3v) is 11.4. The highest BCUT2D eigenvalue weighted by molar-refractivity contribution is 9.10. The summed E-state index contributed by atoms with van der Waals surface area (Å²) in [6.07, 6.45) is -5.11. The quantitative estimate of drug-likeness (QED) is 0.193. The molecule has 2 aromatic rings. The summed E-state index contributed by atoms with van der Waals surface area (Å²) in [6.45, 7) is 12.4. The van der Waals surface area contributed by atoms with Crippen molar-refractivity contribution in [2.24, 2.45) is 0 Å². The Labute approximate surface area is 336 Å². The number of nitro benzene ring substituents is 2. The Balaban J connectivity index is 0.000000209. The van der Waals surface area contributed by atoms with E-state index in [9.17, 15) is 46.6 Å². The van der Waals surface area contributed by atoms with Gasteiger partial charge in [-0.25, -0.2) is 0 Å². The molecule has 0 unspecified atom stereocenters. The van der Waals surface area contributed by atoms with Crippen molar-refractivity contribution in [3.8, 4) is 11.5 Å². The van der Waals surface area contributed by atoms with Crippen LogP contribution in [0.15, 0.2) is 28.7 Å². The standard InChI is InChI=1S/C18H25F3N4O3.C10H21N3.C8H5BrF3NO3/c1-22-7-9-23(10-8-22)13-3-5-24(6-4-13)15-12-17(28-2)16(25(26)27)11-14(15)18(19,20)21;1-12-6-8-13(9-7-12)10-2-4-11-5-3-10;1-16-7-3-5(9)4(8(10,11)12)2-6(7)13(14)15/h11-13H,3-10H2,1-2H3;10-11H,2-9H2,1H3;2-3H,1H3. The predicted molar refractivity (Wildman–Crippen MR) is 206 cm³/mol. The van der Waals surface area contributed by atoms with Gasteiger partial charge < -0.3 is 29.5 Å². The molecule has 4 aliphatic heterocycles. The van der Waals surface area contributed by atoms with Crippen LogP contribution >= 0.6 is 15.9 Å². The minimum Gasteiger partial charge on any atom is -0.490 e. The number of nitrogens with one attached hydrogen (secondary N) is 1. The fourth-order valence-corrected chi connectivity index (χ4v) is 7.98. The van der Waals surface area contributed by atoms with E-state index in [1.807, 2.05) is 0 Å². The van der Waals surface area contributed by atoms with Crippen molar-refractivity contribution >= 4 is 33.0 Å². The number of nitrogens with zero attached hydrogens (tertiary/aromatic N) is 7. The number of piperidine rings is 2. The largest absolute Gasteiger partial charge is 0.490 e. The van der Waals surface area contributed by atoms with E-state index in [0.717, 1.165) is 64.3 Å². The van der Waals surface area contributed by atoms with Crippen LogP contribution in [0.4, 0.5) is 43.4 Å². The molecular weight excluding hydrogens is 834 g/mol. The van der Waals surface area contributed by atoms with Crippen LogP contribution in [-0.2, 0) is 12.4 Å². The normalized spacial score (nSPS) is 19.9. The zero-order valence-electron chi connectivity index (χ0n) is 32.5. The molecule has 4 heterocycles. The number of halogens is 7. The Kier molecular flexibility index (Phi) is 16.6. The average Bonchev–Trinajstić information content (AvgIpc) is 3.17. The van der Waals surface area contributed by atoms with Crippen LogP contribution in [0.25, 0.3) is 0 Å². The molecule has 0 saturated carbocycles. The number of ether oxygens (including phenoxy) is 2. The first-order chi connectivity index (χ1) is 26.8. The van der Waals surface area contributed by atoms with Crippen molar-refractivity contribution in [3.63, 3.8) is 0 Å². The molecule has 0 atom stereocenters. The van der Waals surface area contributed by atoms with Crippen molar-refractivity contribution in [2.75, 3.05) is 112 Å². The summed E-state index contributed by atoms with van der Waals surface area (Å²) >= 11 is 2.68. The van der Waals surface area contributed by atoms with E-state index in [0.29, 0.717) is 31.3 Å². The number of hydrogen-bond acceptors (Lipinski definition) is 12. The van der Waals surface area contributed by atoms with Gasteiger partial charge in [-0.2, -0.15) is 26.3 Å². The number of methoxy groups -OCH3 is 2. The Bertz CT molecular complexity index is 1640. The first-order valence-corrected chi connectivity index (χ1v) is 19.5. The van der Waals surface area contributed by atoms with E-state index in [1.54, 1.807) is 4.90 Å². The Morgan fingerprint density at radius 3 is 1.46 bits per heavy atom. The number of hydrogen-bond donors (Lipinski definition) is 1. The van der Waals surface area contributed by atoms with Gasteiger partial charge >= 0.3 is 23.7 Å². The molecule has 0 bridgehead atoms. The average molecular weight is 886 g/mol. The summed E-state index contributed by atoms with van der Waals surface area (Å²) in [5.41, 5.74) is -3.55. The predicted octanol–water partition coefficient (Wildman–Crippen LogP) is 6.21. The van der Waals surface area contributed by atoms with Gasteiger partial charge in [-0.15, -0.1) is 0 Å². The van der Waals surface area contributed by atoms with Gasteiger partial charge in [0.2, 0.25) is 0 Å². The van der Waals surface area contributed by atoms with Crippen molar-refractivity contribution in [1.29, 1.82) is 0 Å². The first kappa shape index (κ1) is 46.2. The minimum absolute atomic E-state index is 0.0493. The summed E-state index contributed by atoms with van der Waals surface area (Å²) in [5, 5.41) is 25.1. The third-order valence-electron chi connectivity index (χ3n) is 10.8. The van der Waals surface area contributed by atoms with Crippen LogP contribution < -0.4 is 19.7 Å². The molecule has 21 heteroatoms. The summed E-state index contributed by atoms with van der Waals surface area (Å²) < 4.78 is 87.4. The number of alkyl halides is 6. The van der Waals surface area contributed by atoms with Crippen molar-refractivity contribution in [1.82, 2.24) is 24.9 Å². The highest BCUT2D eigenvalue weighted by atomic mass is 79.9. The molecule has 0 spiro atoms. The number of piperazine rings is 2. The zero-order chi connectivity index (χ0) is 42.1. The van der Waals surface area contributed by atoms with E-state index in [4.69, 9.17) is 4.74 Å². The second kappa shape index (κ2) is 20.5. The summed E-state index contributed by atoms with van der Waals surface area (Å²) in [7, 11) is 6.67. The molecule has 57 heavy (non-hydrogen) atoms. The maximum atomic E-state index is 13.6. The maximum absolute atomic E-state index is 13.6. The van der Waals surface area contributed by atoms with Crippen LogP contribution in [0.2, 0.25) is 0 Å². The van der Waals surface area contributed by atoms with Crippen LogP contribution in [0.1, 0.15) is 36.8 Å². The lowest BCUT2D eigenvalue weighted by Gasteiger charge is -2.43. The van der Waals surface area contributed by atoms with E-state index in [-0.39, 0.29) is 21.7 Å². The van der Waals surface area contributed by atoms with E-state index in [2.05, 4.69) is 59.7 Å². The van der Waals surface area contributed by atoms with Crippen molar-refractivity contribution < 1.29 is 45.7 Å². The van der Waals surface area contributed by atoms with E-state index in [1.165, 1.54) is 59.2 Å². The lowest BCUT2D eigenvalue weighted by Crippen LogP contribution is -2.52. The van der Waals surface area contributed by atoms with Gasteiger partial charge in [0.05, 0.1) is 40.9 Å². The smallest absolute Gasteiger partial charge is 0.418 e. The SMILES string of the molecule is CN1CCN(C2CCNCC2)CC1.COc1cc(Br)c(C(F)(F)F)cc1[N+](=O)[O-].COc1cc(N2CCC(N3CCN(C)CC3)CC2)c(C(F)(F)F)cc1[N+](=O)[O-]. The van der Waals surface area contributed by atoms with Crippen molar-refractivity contribution in [3.05, 3.63) is 60.1 Å². The number of nitro groups is 2. The summed E-state index contributed by atoms with van der Waals surface area (Å²) in [4.78, 5) is 31.3. The van der Waals surface area contributed by atoms with Gasteiger partial charge in [0.15, 0.2) is 11.5 Å². The number of rotatable bonds is 7. The first-order valence-electron chi connectivity index (χ1n) is 18.7. The summed E-state index contributed by atoms with van der Waals surface area (Å²) in [6, 6.07) is 4.32. The Morgan fingerprint density at radius 2 is 1.05 bits per heavy atom. The second-order valence-electron chi connectivity index (χ2n) is 14.4. The lowest BCUT2D eigenvalue weighted by molar-refractivity contribution is -0.386. The van der Waals surface area contributed by atoms with E-state index >= 15 is 0 Å². The molecule has 0 amide bonds. The zero-order valence-corrected chi connectivity index (χ0v) is 34.1. The molecule has 2 aromatic carbocycles. The van der Waals surface area contributed by atoms with Crippen LogP contribution in [0, 0.1) is 20.2 Å². The van der Waals surface area contributed by atoms with E-state index < -0.39 is 44.7 Å². The fourth-order valence-electron chi connectivity index (χ4n) is 7.44. The molecular formula is C36H51BrF6N8O6. The van der Waals surface area contributed by atoms with Gasteiger partial charge in [0, 0.05) is 106 Å². The molecule has 4 fully saturated rings. The maximum Gasteiger partial charge on any atom is 0.418 e. The fraction of sp³-hybridized carbons (Fsp3) is 0.667. The van der Waals surface area contributed by atoms with Gasteiger partial charge in [0.25, 0.3) is 0 Å². The Hall–Kier alpha value is -3.50. The summed E-state index contributed by atoms with van der Waals surface area (Å²) in [5.74, 6) is -0.390. The van der Waals surface area contributed by atoms with Crippen LogP contribution in [0.5, 0.6) is 11.5 Å². The van der Waals surface area contributed by atoms with Gasteiger partial charge in [-0.05, 0) is 52.9 Å². The molecule has 1 N–H and O–H groups in total. The van der Waals surface area contributed by atoms with Gasteiger partial charge in [-0.1, -0.05) is 15.9 Å². The molecule has 14 nitrogen and oxygen atoms in total. The number of likely N-dealkylation sites (N-methyl/N-ethyl adjacent to an activating group) is 2. The second-order valence-corrected chi connectivity index (χ2v) is 15.3. The highest BCUT2D eigenvalue weighted by Crippen LogP contribution is 2.44. The van der Waals surface area contributed by atoms with Gasteiger partial charge in [0.1, 0.15) is 0 Å². The third kappa shape index (κ3) is 12.7. The van der Waals surface area contributed by atoms with Crippen LogP contribution in [-0.4, -0.2) is 148 Å². The molecule has 4 aliphatic rings. The highest BCUT2D eigenvalue weighted by Gasteiger charge is 2.40. The van der Waals surface area contributed by atoms with Crippen LogP contribution in [0.3, 0.4) is 0 Å². The number of anilines is 1. The minimum atomic E-state index is -4.68. The molecule has 0 radical (unpaired) electrons. The Morgan fingerprint density at radius 1 is 0.649 bits per heavy atom. The molecule has 4 saturated heterocycles.